The minimum Gasteiger partial charge on any atom is -0.396 e. The number of amides is 2. The van der Waals surface area contributed by atoms with Crippen molar-refractivity contribution >= 4 is 17.5 Å². The summed E-state index contributed by atoms with van der Waals surface area (Å²) in [6.07, 6.45) is 0. The van der Waals surface area contributed by atoms with Crippen LogP contribution in [0.5, 0.6) is 0 Å². The zero-order valence-corrected chi connectivity index (χ0v) is 11.2. The Labute approximate surface area is 111 Å². The van der Waals surface area contributed by atoms with E-state index in [-0.39, 0.29) is 23.2 Å². The van der Waals surface area contributed by atoms with Crippen LogP contribution in [-0.2, 0) is 4.79 Å². The third-order valence-electron chi connectivity index (χ3n) is 2.47. The molecule has 0 fully saturated rings. The van der Waals surface area contributed by atoms with E-state index in [1.165, 1.54) is 18.2 Å². The number of hydrogen-bond acceptors (Lipinski definition) is 3. The summed E-state index contributed by atoms with van der Waals surface area (Å²) in [5.41, 5.74) is 5.27. The van der Waals surface area contributed by atoms with Crippen molar-refractivity contribution in [2.24, 2.45) is 0 Å². The van der Waals surface area contributed by atoms with Gasteiger partial charge in [-0.25, -0.2) is 4.39 Å². The van der Waals surface area contributed by atoms with Gasteiger partial charge in [-0.3, -0.25) is 9.59 Å². The lowest BCUT2D eigenvalue weighted by Gasteiger charge is -2.16. The van der Waals surface area contributed by atoms with Gasteiger partial charge in [-0.15, -0.1) is 0 Å². The van der Waals surface area contributed by atoms with Crippen LogP contribution in [0.25, 0.3) is 0 Å². The lowest BCUT2D eigenvalue weighted by Crippen LogP contribution is -2.46. The predicted molar refractivity (Wildman–Crippen MR) is 71.0 cm³/mol. The lowest BCUT2D eigenvalue weighted by atomic mass is 10.1. The van der Waals surface area contributed by atoms with Crippen LogP contribution in [0, 0.1) is 5.82 Å². The molecule has 19 heavy (non-hydrogen) atoms. The minimum atomic E-state index is -0.724. The predicted octanol–water partition coefficient (Wildman–Crippen LogP) is 1.05. The van der Waals surface area contributed by atoms with Gasteiger partial charge in [0, 0.05) is 6.04 Å². The third-order valence-corrected chi connectivity index (χ3v) is 2.47. The molecule has 0 aliphatic rings. The first-order valence-electron chi connectivity index (χ1n) is 5.98. The van der Waals surface area contributed by atoms with Gasteiger partial charge in [-0.2, -0.15) is 0 Å². The molecule has 1 rings (SSSR count). The molecule has 2 amide bonds. The smallest absolute Gasteiger partial charge is 0.254 e. The molecule has 0 aliphatic carbocycles. The highest BCUT2D eigenvalue weighted by atomic mass is 19.1. The van der Waals surface area contributed by atoms with E-state index in [1.54, 1.807) is 6.92 Å². The van der Waals surface area contributed by atoms with E-state index in [0.29, 0.717) is 0 Å². The quantitative estimate of drug-likeness (QED) is 0.713. The number of carbonyl (C=O) groups excluding carboxylic acids is 2. The fraction of sp³-hybridized carbons (Fsp3) is 0.385. The van der Waals surface area contributed by atoms with E-state index in [4.69, 9.17) is 5.73 Å². The van der Waals surface area contributed by atoms with Crippen LogP contribution < -0.4 is 16.4 Å². The molecule has 1 atom stereocenters. The zero-order chi connectivity index (χ0) is 14.6. The van der Waals surface area contributed by atoms with Crippen molar-refractivity contribution in [3.8, 4) is 0 Å². The third kappa shape index (κ3) is 3.94. The standard InChI is InChI=1S/C13H18FN3O2/c1-7(2)16-12(18)8(3)17-13(19)9-5-4-6-10(14)11(9)15/h4-8H,15H2,1-3H3,(H,16,18)(H,17,19). The normalized spacial score (nSPS) is 12.1. The molecule has 0 bridgehead atoms. The van der Waals surface area contributed by atoms with Gasteiger partial charge < -0.3 is 16.4 Å². The monoisotopic (exact) mass is 267 g/mol. The highest BCUT2D eigenvalue weighted by molar-refractivity contribution is 6.01. The molecule has 1 aromatic rings. The van der Waals surface area contributed by atoms with Crippen molar-refractivity contribution in [1.82, 2.24) is 10.6 Å². The second-order valence-electron chi connectivity index (χ2n) is 4.56. The largest absolute Gasteiger partial charge is 0.396 e. The Morgan fingerprint density at radius 3 is 2.42 bits per heavy atom. The Kier molecular flexibility index (Phi) is 4.86. The summed E-state index contributed by atoms with van der Waals surface area (Å²) in [7, 11) is 0. The highest BCUT2D eigenvalue weighted by Crippen LogP contribution is 2.15. The number of nitrogens with two attached hydrogens (primary N) is 1. The maximum Gasteiger partial charge on any atom is 0.254 e. The molecule has 0 aromatic heterocycles. The van der Waals surface area contributed by atoms with Crippen LogP contribution in [-0.4, -0.2) is 23.9 Å². The van der Waals surface area contributed by atoms with Crippen LogP contribution in [0.3, 0.4) is 0 Å². The first-order chi connectivity index (χ1) is 8.82. The van der Waals surface area contributed by atoms with Crippen LogP contribution >= 0.6 is 0 Å². The highest BCUT2D eigenvalue weighted by Gasteiger charge is 2.19. The molecule has 5 nitrogen and oxygen atoms in total. The van der Waals surface area contributed by atoms with Gasteiger partial charge in [-0.1, -0.05) is 6.07 Å². The molecular formula is C13H18FN3O2. The Morgan fingerprint density at radius 1 is 1.21 bits per heavy atom. The molecule has 0 aliphatic heterocycles. The van der Waals surface area contributed by atoms with Crippen molar-refractivity contribution in [3.63, 3.8) is 0 Å². The van der Waals surface area contributed by atoms with E-state index >= 15 is 0 Å². The molecule has 1 unspecified atom stereocenters. The van der Waals surface area contributed by atoms with Gasteiger partial charge in [0.1, 0.15) is 11.9 Å². The number of anilines is 1. The second-order valence-corrected chi connectivity index (χ2v) is 4.56. The second kappa shape index (κ2) is 6.17. The average molecular weight is 267 g/mol. The number of para-hydroxylation sites is 1. The zero-order valence-electron chi connectivity index (χ0n) is 11.2. The molecule has 4 N–H and O–H groups in total. The number of carbonyl (C=O) groups is 2. The van der Waals surface area contributed by atoms with Gasteiger partial charge in [0.15, 0.2) is 0 Å². The number of hydrogen-bond donors (Lipinski definition) is 3. The minimum absolute atomic E-state index is 0.0178. The Balaban J connectivity index is 2.74. The maximum atomic E-state index is 13.2. The number of rotatable bonds is 4. The molecule has 0 heterocycles. The van der Waals surface area contributed by atoms with Gasteiger partial charge in [0.05, 0.1) is 11.3 Å². The first-order valence-corrected chi connectivity index (χ1v) is 5.98. The van der Waals surface area contributed by atoms with E-state index < -0.39 is 17.8 Å². The number of halogens is 1. The van der Waals surface area contributed by atoms with Crippen molar-refractivity contribution < 1.29 is 14.0 Å². The average Bonchev–Trinajstić information content (AvgIpc) is 2.31. The van der Waals surface area contributed by atoms with Crippen molar-refractivity contribution in [1.29, 1.82) is 0 Å². The van der Waals surface area contributed by atoms with Gasteiger partial charge >= 0.3 is 0 Å². The lowest BCUT2D eigenvalue weighted by molar-refractivity contribution is -0.123. The molecule has 0 radical (unpaired) electrons. The topological polar surface area (TPSA) is 84.2 Å². The summed E-state index contributed by atoms with van der Waals surface area (Å²) in [5.74, 6) is -1.55. The van der Waals surface area contributed by atoms with E-state index in [1.807, 2.05) is 13.8 Å². The Bertz CT molecular complexity index is 489. The van der Waals surface area contributed by atoms with Crippen LogP contribution in [0.2, 0.25) is 0 Å². The SMILES string of the molecule is CC(C)NC(=O)C(C)NC(=O)c1cccc(F)c1N. The number of nitrogen functional groups attached to an aromatic ring is 1. The van der Waals surface area contributed by atoms with Crippen LogP contribution in [0.1, 0.15) is 31.1 Å². The molecule has 0 saturated carbocycles. The summed E-state index contributed by atoms with van der Waals surface area (Å²) in [5, 5.41) is 5.14. The fourth-order valence-corrected chi connectivity index (χ4v) is 1.48. The van der Waals surface area contributed by atoms with E-state index in [0.717, 1.165) is 0 Å². The van der Waals surface area contributed by atoms with Crippen LogP contribution in [0.4, 0.5) is 10.1 Å². The summed E-state index contributed by atoms with van der Waals surface area (Å²) in [6, 6.07) is 3.21. The van der Waals surface area contributed by atoms with Crippen LogP contribution in [0.15, 0.2) is 18.2 Å². The van der Waals surface area contributed by atoms with Gasteiger partial charge in [-0.05, 0) is 32.9 Å². The summed E-state index contributed by atoms with van der Waals surface area (Å²) in [6.45, 7) is 5.18. The first kappa shape index (κ1) is 14.9. The summed E-state index contributed by atoms with van der Waals surface area (Å²) >= 11 is 0. The number of benzene rings is 1. The molecule has 6 heteroatoms. The molecule has 104 valence electrons. The molecule has 0 saturated heterocycles. The summed E-state index contributed by atoms with van der Waals surface area (Å²) in [4.78, 5) is 23.5. The fourth-order valence-electron chi connectivity index (χ4n) is 1.48. The number of nitrogens with one attached hydrogen (secondary N) is 2. The van der Waals surface area contributed by atoms with Crippen molar-refractivity contribution in [2.45, 2.75) is 32.9 Å². The van der Waals surface area contributed by atoms with Gasteiger partial charge in [0.2, 0.25) is 5.91 Å². The van der Waals surface area contributed by atoms with Gasteiger partial charge in [0.25, 0.3) is 5.91 Å². The van der Waals surface area contributed by atoms with Crippen molar-refractivity contribution in [2.75, 3.05) is 5.73 Å². The van der Waals surface area contributed by atoms with E-state index in [9.17, 15) is 14.0 Å². The maximum absolute atomic E-state index is 13.2. The Hall–Kier alpha value is -2.11. The molecular weight excluding hydrogens is 249 g/mol. The van der Waals surface area contributed by atoms with E-state index in [2.05, 4.69) is 10.6 Å². The Morgan fingerprint density at radius 2 is 1.84 bits per heavy atom. The molecule has 0 spiro atoms. The van der Waals surface area contributed by atoms with Crippen molar-refractivity contribution in [3.05, 3.63) is 29.6 Å². The molecule has 1 aromatic carbocycles. The summed E-state index contributed by atoms with van der Waals surface area (Å²) < 4.78 is 13.2.